The summed E-state index contributed by atoms with van der Waals surface area (Å²) in [6.45, 7) is 6.17. The molecule has 4 atom stereocenters. The molecule has 0 spiro atoms. The first-order valence-corrected chi connectivity index (χ1v) is 7.04. The van der Waals surface area contributed by atoms with E-state index in [0.717, 1.165) is 12.0 Å². The van der Waals surface area contributed by atoms with Gasteiger partial charge in [-0.1, -0.05) is 38.2 Å². The zero-order valence-corrected chi connectivity index (χ0v) is 11.7. The molecule has 0 fully saturated rings. The molecule has 0 N–H and O–H groups in total. The van der Waals surface area contributed by atoms with E-state index < -0.39 is 0 Å². The monoisotopic (exact) mass is 256 g/mol. The molecule has 19 heavy (non-hydrogen) atoms. The fourth-order valence-electron chi connectivity index (χ4n) is 3.83. The Morgan fingerprint density at radius 1 is 1.16 bits per heavy atom. The van der Waals surface area contributed by atoms with E-state index in [1.54, 1.807) is 6.08 Å². The maximum atomic E-state index is 12.5. The van der Waals surface area contributed by atoms with Gasteiger partial charge in [0.05, 0.1) is 0 Å². The first-order chi connectivity index (χ1) is 8.92. The van der Waals surface area contributed by atoms with Crippen molar-refractivity contribution in [3.8, 4) is 0 Å². The third-order valence-electron chi connectivity index (χ3n) is 5.05. The second kappa shape index (κ2) is 4.03. The Bertz CT molecular complexity index is 533. The molecule has 3 aliphatic carbocycles. The van der Waals surface area contributed by atoms with Crippen molar-refractivity contribution >= 4 is 11.6 Å². The van der Waals surface area contributed by atoms with E-state index in [-0.39, 0.29) is 40.7 Å². The third kappa shape index (κ3) is 1.77. The lowest BCUT2D eigenvalue weighted by Gasteiger charge is -2.46. The van der Waals surface area contributed by atoms with Gasteiger partial charge >= 0.3 is 0 Å². The van der Waals surface area contributed by atoms with Crippen molar-refractivity contribution in [1.82, 2.24) is 0 Å². The Morgan fingerprint density at radius 3 is 2.63 bits per heavy atom. The van der Waals surface area contributed by atoms with Crippen molar-refractivity contribution in [2.45, 2.75) is 27.2 Å². The summed E-state index contributed by atoms with van der Waals surface area (Å²) in [6, 6.07) is 0. The van der Waals surface area contributed by atoms with Crippen LogP contribution in [0.4, 0.5) is 0 Å². The van der Waals surface area contributed by atoms with Gasteiger partial charge in [-0.05, 0) is 42.2 Å². The minimum atomic E-state index is -0.161. The Kier molecular flexibility index (Phi) is 2.67. The molecule has 0 heterocycles. The van der Waals surface area contributed by atoms with Crippen LogP contribution in [0.1, 0.15) is 27.2 Å². The maximum absolute atomic E-state index is 12.5. The van der Waals surface area contributed by atoms with Crippen LogP contribution < -0.4 is 0 Å². The minimum absolute atomic E-state index is 0.0462. The Morgan fingerprint density at radius 2 is 1.89 bits per heavy atom. The van der Waals surface area contributed by atoms with Crippen molar-refractivity contribution in [1.29, 1.82) is 0 Å². The van der Waals surface area contributed by atoms with Gasteiger partial charge in [0.2, 0.25) is 0 Å². The topological polar surface area (TPSA) is 34.1 Å². The first kappa shape index (κ1) is 12.6. The van der Waals surface area contributed by atoms with Gasteiger partial charge in [-0.25, -0.2) is 0 Å². The predicted octanol–water partition coefficient (Wildman–Crippen LogP) is 3.11. The lowest BCUT2D eigenvalue weighted by molar-refractivity contribution is -0.133. The van der Waals surface area contributed by atoms with Crippen LogP contribution in [0.15, 0.2) is 36.0 Å². The van der Waals surface area contributed by atoms with Crippen molar-refractivity contribution in [2.24, 2.45) is 29.1 Å². The van der Waals surface area contributed by atoms with Gasteiger partial charge in [0, 0.05) is 11.8 Å². The van der Waals surface area contributed by atoms with Crippen LogP contribution in [0.3, 0.4) is 0 Å². The van der Waals surface area contributed by atoms with Gasteiger partial charge < -0.3 is 0 Å². The van der Waals surface area contributed by atoms with Crippen LogP contribution in [0, 0.1) is 29.1 Å². The highest BCUT2D eigenvalue weighted by Gasteiger charge is 2.50. The molecule has 0 saturated carbocycles. The van der Waals surface area contributed by atoms with Gasteiger partial charge in [-0.15, -0.1) is 0 Å². The van der Waals surface area contributed by atoms with Crippen LogP contribution in [0.25, 0.3) is 0 Å². The number of carbonyl (C=O) groups excluding carboxylic acids is 2. The molecule has 0 saturated heterocycles. The van der Waals surface area contributed by atoms with Crippen molar-refractivity contribution in [2.75, 3.05) is 0 Å². The second-order valence-electron chi connectivity index (χ2n) is 6.67. The molecule has 0 aromatic rings. The smallest absolute Gasteiger partial charge is 0.162 e. The average molecular weight is 256 g/mol. The maximum Gasteiger partial charge on any atom is 0.162 e. The van der Waals surface area contributed by atoms with E-state index in [0.29, 0.717) is 0 Å². The fraction of sp³-hybridized carbons (Fsp3) is 0.529. The summed E-state index contributed by atoms with van der Waals surface area (Å²) >= 11 is 0. The molecule has 2 nitrogen and oxygen atoms in total. The summed E-state index contributed by atoms with van der Waals surface area (Å²) in [6.07, 6.45) is 10.9. The Balaban J connectivity index is 2.08. The van der Waals surface area contributed by atoms with Crippen LogP contribution in [0.5, 0.6) is 0 Å². The molecule has 0 aromatic heterocycles. The standard InChI is InChI=1S/C17H20O2/c1-10-4-5-11-6-7-12-15(14(11)16(10)19)13(18)8-9-17(12,2)3/h4,6-9,11-12,14-15H,5H2,1-3H3/t11-,12-,14+,15-/m1/s1. The SMILES string of the molecule is CC1=CC[C@@H]2C=C[C@@H]3[C@H](C(=O)C=CC3(C)C)[C@H]2C1=O. The third-order valence-corrected chi connectivity index (χ3v) is 5.05. The van der Waals surface area contributed by atoms with Gasteiger partial charge in [0.1, 0.15) is 0 Å². The van der Waals surface area contributed by atoms with Gasteiger partial charge in [-0.2, -0.15) is 0 Å². The largest absolute Gasteiger partial charge is 0.295 e. The lowest BCUT2D eigenvalue weighted by Crippen LogP contribution is -2.48. The summed E-state index contributed by atoms with van der Waals surface area (Å²) in [5.74, 6) is 0.370. The van der Waals surface area contributed by atoms with Crippen LogP contribution in [0.2, 0.25) is 0 Å². The molecule has 0 radical (unpaired) electrons. The van der Waals surface area contributed by atoms with Crippen molar-refractivity contribution in [3.05, 3.63) is 36.0 Å². The van der Waals surface area contributed by atoms with Gasteiger partial charge in [0.15, 0.2) is 11.6 Å². The molecule has 0 amide bonds. The van der Waals surface area contributed by atoms with E-state index in [1.807, 2.05) is 19.1 Å². The molecule has 0 aliphatic heterocycles. The summed E-state index contributed by atoms with van der Waals surface area (Å²) in [5.41, 5.74) is 0.783. The highest BCUT2D eigenvalue weighted by molar-refractivity contribution is 6.03. The number of carbonyl (C=O) groups is 2. The highest BCUT2D eigenvalue weighted by Crippen LogP contribution is 2.49. The molecule has 0 unspecified atom stereocenters. The van der Waals surface area contributed by atoms with Crippen molar-refractivity contribution < 1.29 is 9.59 Å². The molecule has 2 heteroatoms. The zero-order valence-electron chi connectivity index (χ0n) is 11.7. The number of ketones is 2. The Hall–Kier alpha value is -1.44. The fourth-order valence-corrected chi connectivity index (χ4v) is 3.83. The number of hydrogen-bond donors (Lipinski definition) is 0. The first-order valence-electron chi connectivity index (χ1n) is 7.04. The molecule has 0 bridgehead atoms. The minimum Gasteiger partial charge on any atom is -0.295 e. The normalized spacial score (nSPS) is 39.6. The van der Waals surface area contributed by atoms with E-state index >= 15 is 0 Å². The number of rotatable bonds is 0. The number of Topliss-reactive ketones (excluding diaryl/α,β-unsaturated/α-hetero) is 1. The number of hydrogen-bond acceptors (Lipinski definition) is 2. The second-order valence-corrected chi connectivity index (χ2v) is 6.67. The van der Waals surface area contributed by atoms with Crippen molar-refractivity contribution in [3.63, 3.8) is 0 Å². The summed E-state index contributed by atoms with van der Waals surface area (Å²) in [4.78, 5) is 24.8. The zero-order chi connectivity index (χ0) is 13.8. The molecular weight excluding hydrogens is 236 g/mol. The summed E-state index contributed by atoms with van der Waals surface area (Å²) in [7, 11) is 0. The summed E-state index contributed by atoms with van der Waals surface area (Å²) in [5, 5.41) is 0. The molecule has 3 aliphatic rings. The molecule has 3 rings (SSSR count). The summed E-state index contributed by atoms with van der Waals surface area (Å²) < 4.78 is 0. The van der Waals surface area contributed by atoms with Gasteiger partial charge in [-0.3, -0.25) is 9.59 Å². The van der Waals surface area contributed by atoms with E-state index in [4.69, 9.17) is 0 Å². The van der Waals surface area contributed by atoms with E-state index in [1.165, 1.54) is 0 Å². The number of fused-ring (bicyclic) bond motifs is 3. The average Bonchev–Trinajstić information content (AvgIpc) is 2.38. The molecule has 100 valence electrons. The van der Waals surface area contributed by atoms with Crippen LogP contribution >= 0.6 is 0 Å². The van der Waals surface area contributed by atoms with E-state index in [9.17, 15) is 9.59 Å². The number of allylic oxidation sites excluding steroid dienone is 6. The molecule has 0 aromatic carbocycles. The highest BCUT2D eigenvalue weighted by atomic mass is 16.1. The van der Waals surface area contributed by atoms with E-state index in [2.05, 4.69) is 26.0 Å². The van der Waals surface area contributed by atoms with Crippen LogP contribution in [-0.4, -0.2) is 11.6 Å². The Labute approximate surface area is 114 Å². The predicted molar refractivity (Wildman–Crippen MR) is 74.4 cm³/mol. The lowest BCUT2D eigenvalue weighted by atomic mass is 9.55. The molecular formula is C17H20O2. The quantitative estimate of drug-likeness (QED) is 0.624. The van der Waals surface area contributed by atoms with Crippen LogP contribution in [-0.2, 0) is 9.59 Å². The van der Waals surface area contributed by atoms with Gasteiger partial charge in [0.25, 0.3) is 0 Å².